The molecule has 0 radical (unpaired) electrons. The second-order valence-electron chi connectivity index (χ2n) is 7.40. The van der Waals surface area contributed by atoms with Crippen LogP contribution in [0.1, 0.15) is 18.3 Å². The van der Waals surface area contributed by atoms with Crippen LogP contribution in [-0.4, -0.2) is 56.1 Å². The molecular formula is C21H25N7O. The lowest BCUT2D eigenvalue weighted by Gasteiger charge is -2.12. The Labute approximate surface area is 168 Å². The van der Waals surface area contributed by atoms with Crippen LogP contribution in [0.15, 0.2) is 41.5 Å². The Hall–Kier alpha value is -3.26. The summed E-state index contributed by atoms with van der Waals surface area (Å²) >= 11 is 0. The van der Waals surface area contributed by atoms with Gasteiger partial charge in [-0.1, -0.05) is 6.92 Å². The number of hydrogen-bond donors (Lipinski definition) is 1. The third kappa shape index (κ3) is 3.84. The smallest absolute Gasteiger partial charge is 0.258 e. The highest BCUT2D eigenvalue weighted by Crippen LogP contribution is 2.20. The molecular weight excluding hydrogens is 366 g/mol. The van der Waals surface area contributed by atoms with E-state index in [0.717, 1.165) is 42.1 Å². The summed E-state index contributed by atoms with van der Waals surface area (Å²) in [5.41, 5.74) is 5.40. The lowest BCUT2D eigenvalue weighted by atomic mass is 10.2. The zero-order valence-electron chi connectivity index (χ0n) is 17.2. The molecule has 8 heteroatoms. The third-order valence-electron chi connectivity index (χ3n) is 4.80. The molecule has 0 aromatic carbocycles. The highest BCUT2D eigenvalue weighted by atomic mass is 16.1. The van der Waals surface area contributed by atoms with Gasteiger partial charge in [0.1, 0.15) is 11.3 Å². The van der Waals surface area contributed by atoms with Crippen molar-refractivity contribution in [2.45, 2.75) is 20.3 Å². The summed E-state index contributed by atoms with van der Waals surface area (Å²) in [7, 11) is 4.05. The fourth-order valence-electron chi connectivity index (χ4n) is 3.33. The van der Waals surface area contributed by atoms with Gasteiger partial charge in [-0.3, -0.25) is 14.2 Å². The molecule has 0 aliphatic rings. The molecule has 4 rings (SSSR count). The predicted octanol–water partition coefficient (Wildman–Crippen LogP) is 2.25. The molecule has 0 aliphatic carbocycles. The molecule has 8 nitrogen and oxygen atoms in total. The third-order valence-corrected chi connectivity index (χ3v) is 4.80. The van der Waals surface area contributed by atoms with E-state index in [1.54, 1.807) is 10.6 Å². The zero-order valence-corrected chi connectivity index (χ0v) is 17.2. The van der Waals surface area contributed by atoms with Gasteiger partial charge in [0.15, 0.2) is 0 Å². The minimum absolute atomic E-state index is 0.136. The molecule has 0 spiro atoms. The van der Waals surface area contributed by atoms with E-state index in [9.17, 15) is 4.79 Å². The van der Waals surface area contributed by atoms with Gasteiger partial charge in [-0.25, -0.2) is 9.50 Å². The lowest BCUT2D eigenvalue weighted by molar-refractivity contribution is 0.425. The molecule has 29 heavy (non-hydrogen) atoms. The van der Waals surface area contributed by atoms with Crippen molar-refractivity contribution in [1.29, 1.82) is 0 Å². The average Bonchev–Trinajstić information content (AvgIpc) is 3.11. The molecule has 0 amide bonds. The van der Waals surface area contributed by atoms with E-state index in [1.807, 2.05) is 49.9 Å². The molecule has 0 saturated carbocycles. The average molecular weight is 391 g/mol. The molecule has 0 bridgehead atoms. The summed E-state index contributed by atoms with van der Waals surface area (Å²) < 4.78 is 3.37. The maximum atomic E-state index is 12.7. The van der Waals surface area contributed by atoms with Crippen molar-refractivity contribution in [2.75, 3.05) is 32.5 Å². The molecule has 0 atom stereocenters. The van der Waals surface area contributed by atoms with Crippen molar-refractivity contribution in [1.82, 2.24) is 28.9 Å². The van der Waals surface area contributed by atoms with E-state index in [-0.39, 0.29) is 5.56 Å². The Morgan fingerprint density at radius 1 is 1.10 bits per heavy atom. The van der Waals surface area contributed by atoms with Gasteiger partial charge in [-0.05, 0) is 45.6 Å². The molecule has 0 unspecified atom stereocenters. The second-order valence-corrected chi connectivity index (χ2v) is 7.40. The standard InChI is InChI=1S/C21H25N7O/c1-5-16-19-10-18(25-28(19)12-14(2)23-16)17-11-21(29)27-13-15(6-7-20(27)24-17)22-8-9-26(3)4/h6-7,10-13,22H,5,8-9H2,1-4H3. The molecule has 1 N–H and O–H groups in total. The largest absolute Gasteiger partial charge is 0.383 e. The maximum absolute atomic E-state index is 12.7. The first-order chi connectivity index (χ1) is 13.9. The molecule has 150 valence electrons. The summed E-state index contributed by atoms with van der Waals surface area (Å²) in [6.45, 7) is 5.73. The van der Waals surface area contributed by atoms with Gasteiger partial charge in [0, 0.05) is 25.4 Å². The second kappa shape index (κ2) is 7.63. The van der Waals surface area contributed by atoms with E-state index in [2.05, 4.69) is 32.2 Å². The molecule has 4 aromatic rings. The number of anilines is 1. The van der Waals surface area contributed by atoms with E-state index < -0.39 is 0 Å². The zero-order chi connectivity index (χ0) is 20.5. The maximum Gasteiger partial charge on any atom is 0.258 e. The molecule has 4 aromatic heterocycles. The number of fused-ring (bicyclic) bond motifs is 2. The summed E-state index contributed by atoms with van der Waals surface area (Å²) in [5, 5.41) is 7.95. The van der Waals surface area contributed by atoms with Gasteiger partial charge >= 0.3 is 0 Å². The van der Waals surface area contributed by atoms with Crippen LogP contribution in [0.3, 0.4) is 0 Å². The first kappa shape index (κ1) is 19.1. The first-order valence-electron chi connectivity index (χ1n) is 9.73. The number of nitrogens with one attached hydrogen (secondary N) is 1. The van der Waals surface area contributed by atoms with Gasteiger partial charge in [0.2, 0.25) is 0 Å². The number of aryl methyl sites for hydroxylation is 2. The molecule has 0 aliphatic heterocycles. The van der Waals surface area contributed by atoms with Crippen LogP contribution in [0.5, 0.6) is 0 Å². The van der Waals surface area contributed by atoms with Crippen molar-refractivity contribution in [2.24, 2.45) is 0 Å². The number of pyridine rings is 1. The summed E-state index contributed by atoms with van der Waals surface area (Å²) in [6.07, 6.45) is 4.49. The predicted molar refractivity (Wildman–Crippen MR) is 115 cm³/mol. The first-order valence-corrected chi connectivity index (χ1v) is 9.73. The molecule has 0 fully saturated rings. The SMILES string of the molecule is CCc1nc(C)cn2nc(-c3cc(=O)n4cc(NCCN(C)C)ccc4n3)cc12. The Morgan fingerprint density at radius 2 is 1.93 bits per heavy atom. The van der Waals surface area contributed by atoms with E-state index in [0.29, 0.717) is 17.0 Å². The summed E-state index contributed by atoms with van der Waals surface area (Å²) in [6, 6.07) is 7.26. The van der Waals surface area contributed by atoms with Crippen LogP contribution >= 0.6 is 0 Å². The number of likely N-dealkylation sites (N-methyl/N-ethyl adjacent to an activating group) is 1. The number of rotatable bonds is 6. The molecule has 0 saturated heterocycles. The van der Waals surface area contributed by atoms with Crippen LogP contribution in [-0.2, 0) is 6.42 Å². The quantitative estimate of drug-likeness (QED) is 0.543. The van der Waals surface area contributed by atoms with Crippen LogP contribution in [0, 0.1) is 6.92 Å². The highest BCUT2D eigenvalue weighted by molar-refractivity contribution is 5.66. The number of nitrogens with zero attached hydrogens (tertiary/aromatic N) is 6. The summed E-state index contributed by atoms with van der Waals surface area (Å²) in [5.74, 6) is 0. The van der Waals surface area contributed by atoms with Gasteiger partial charge in [-0.15, -0.1) is 0 Å². The van der Waals surface area contributed by atoms with Crippen LogP contribution in [0.2, 0.25) is 0 Å². The van der Waals surface area contributed by atoms with Gasteiger partial charge in [-0.2, -0.15) is 5.10 Å². The summed E-state index contributed by atoms with van der Waals surface area (Å²) in [4.78, 5) is 24.1. The Bertz CT molecular complexity index is 1240. The fraction of sp³-hybridized carbons (Fsp3) is 0.333. The Balaban J connectivity index is 1.72. The monoisotopic (exact) mass is 391 g/mol. The van der Waals surface area contributed by atoms with Crippen LogP contribution < -0.4 is 10.9 Å². The van der Waals surface area contributed by atoms with Gasteiger partial charge < -0.3 is 10.2 Å². The van der Waals surface area contributed by atoms with E-state index in [4.69, 9.17) is 0 Å². The Morgan fingerprint density at radius 3 is 2.69 bits per heavy atom. The topological polar surface area (TPSA) is 79.8 Å². The van der Waals surface area contributed by atoms with Gasteiger partial charge in [0.25, 0.3) is 5.56 Å². The van der Waals surface area contributed by atoms with Gasteiger partial charge in [0.05, 0.1) is 34.5 Å². The highest BCUT2D eigenvalue weighted by Gasteiger charge is 2.12. The van der Waals surface area contributed by atoms with Crippen molar-refractivity contribution in [3.05, 3.63) is 58.4 Å². The number of hydrogen-bond acceptors (Lipinski definition) is 6. The van der Waals surface area contributed by atoms with E-state index in [1.165, 1.54) is 6.07 Å². The van der Waals surface area contributed by atoms with E-state index >= 15 is 0 Å². The fourth-order valence-corrected chi connectivity index (χ4v) is 3.33. The lowest BCUT2D eigenvalue weighted by Crippen LogP contribution is -2.21. The van der Waals surface area contributed by atoms with Crippen LogP contribution in [0.25, 0.3) is 22.6 Å². The Kier molecular flexibility index (Phi) is 5.02. The minimum atomic E-state index is -0.136. The minimum Gasteiger partial charge on any atom is -0.383 e. The normalized spacial score (nSPS) is 11.6. The number of aromatic nitrogens is 5. The van der Waals surface area contributed by atoms with Crippen molar-refractivity contribution in [3.8, 4) is 11.4 Å². The van der Waals surface area contributed by atoms with Crippen LogP contribution in [0.4, 0.5) is 5.69 Å². The van der Waals surface area contributed by atoms with Crippen molar-refractivity contribution >= 4 is 16.9 Å². The van der Waals surface area contributed by atoms with Crippen molar-refractivity contribution < 1.29 is 0 Å². The molecule has 4 heterocycles. The van der Waals surface area contributed by atoms with Crippen molar-refractivity contribution in [3.63, 3.8) is 0 Å².